The number of anilines is 1. The number of para-hydroxylation sites is 1. The van der Waals surface area contributed by atoms with Crippen LogP contribution in [0.15, 0.2) is 42.5 Å². The Kier molecular flexibility index (Phi) is 2.22. The van der Waals surface area contributed by atoms with Crippen LogP contribution in [0, 0.1) is 0 Å². The third-order valence-corrected chi connectivity index (χ3v) is 3.17. The summed E-state index contributed by atoms with van der Waals surface area (Å²) < 4.78 is 0. The molecule has 3 aromatic rings. The van der Waals surface area contributed by atoms with E-state index in [1.165, 1.54) is 16.3 Å². The van der Waals surface area contributed by atoms with Crippen LogP contribution in [-0.2, 0) is 6.42 Å². The van der Waals surface area contributed by atoms with Gasteiger partial charge in [-0.05, 0) is 36.2 Å². The van der Waals surface area contributed by atoms with Gasteiger partial charge in [0.25, 0.3) is 0 Å². The van der Waals surface area contributed by atoms with Gasteiger partial charge >= 0.3 is 0 Å². The Hall–Kier alpha value is -2.09. The Morgan fingerprint density at radius 3 is 2.59 bits per heavy atom. The number of fused-ring (bicyclic) bond motifs is 2. The third kappa shape index (κ3) is 1.53. The van der Waals surface area contributed by atoms with E-state index in [1.54, 1.807) is 0 Å². The molecule has 0 saturated carbocycles. The van der Waals surface area contributed by atoms with E-state index in [2.05, 4.69) is 30.1 Å². The molecule has 3 rings (SSSR count). The van der Waals surface area contributed by atoms with Crippen LogP contribution >= 0.6 is 0 Å². The second-order valence-electron chi connectivity index (χ2n) is 4.24. The zero-order valence-corrected chi connectivity index (χ0v) is 9.77. The maximum absolute atomic E-state index is 5.86. The summed E-state index contributed by atoms with van der Waals surface area (Å²) in [6.45, 7) is 2.17. The van der Waals surface area contributed by atoms with Crippen molar-refractivity contribution in [2.75, 3.05) is 5.73 Å². The summed E-state index contributed by atoms with van der Waals surface area (Å²) in [5, 5.41) is 2.40. The quantitative estimate of drug-likeness (QED) is 0.505. The van der Waals surface area contributed by atoms with Gasteiger partial charge in [-0.15, -0.1) is 0 Å². The molecule has 0 amide bonds. The highest BCUT2D eigenvalue weighted by molar-refractivity contribution is 5.98. The Morgan fingerprint density at radius 1 is 1.00 bits per heavy atom. The maximum Gasteiger partial charge on any atom is 0.0714 e. The highest BCUT2D eigenvalue weighted by atomic mass is 14.7. The Balaban J connectivity index is 2.54. The standard InChI is InChI=1S/C15H14N2/c1-2-11-12-5-3-4-6-14(12)17-15-8-7-10(16)9-13(11)15/h3-9H,2,16H2,1H3. The van der Waals surface area contributed by atoms with Crippen molar-refractivity contribution in [2.24, 2.45) is 0 Å². The molecule has 1 aromatic heterocycles. The minimum atomic E-state index is 0.796. The van der Waals surface area contributed by atoms with E-state index in [0.717, 1.165) is 23.1 Å². The first-order valence-corrected chi connectivity index (χ1v) is 5.86. The van der Waals surface area contributed by atoms with Crippen molar-refractivity contribution in [1.82, 2.24) is 4.98 Å². The molecular weight excluding hydrogens is 208 g/mol. The zero-order chi connectivity index (χ0) is 11.8. The van der Waals surface area contributed by atoms with E-state index in [0.29, 0.717) is 0 Å². The van der Waals surface area contributed by atoms with E-state index in [4.69, 9.17) is 5.73 Å². The molecule has 2 N–H and O–H groups in total. The number of aromatic nitrogens is 1. The van der Waals surface area contributed by atoms with Gasteiger partial charge in [-0.2, -0.15) is 0 Å². The third-order valence-electron chi connectivity index (χ3n) is 3.17. The molecule has 0 saturated heterocycles. The van der Waals surface area contributed by atoms with Gasteiger partial charge in [0.2, 0.25) is 0 Å². The van der Waals surface area contributed by atoms with Gasteiger partial charge in [-0.3, -0.25) is 0 Å². The van der Waals surface area contributed by atoms with E-state index in [-0.39, 0.29) is 0 Å². The van der Waals surface area contributed by atoms with Gasteiger partial charge in [-0.1, -0.05) is 25.1 Å². The van der Waals surface area contributed by atoms with Crippen LogP contribution in [0.25, 0.3) is 21.8 Å². The highest BCUT2D eigenvalue weighted by Gasteiger charge is 2.07. The van der Waals surface area contributed by atoms with Gasteiger partial charge in [0.1, 0.15) is 0 Å². The summed E-state index contributed by atoms with van der Waals surface area (Å²) in [5.41, 5.74) is 10.1. The van der Waals surface area contributed by atoms with Crippen molar-refractivity contribution in [1.29, 1.82) is 0 Å². The topological polar surface area (TPSA) is 38.9 Å². The first kappa shape index (κ1) is 10.1. The van der Waals surface area contributed by atoms with Crippen molar-refractivity contribution in [3.05, 3.63) is 48.0 Å². The zero-order valence-electron chi connectivity index (χ0n) is 9.77. The monoisotopic (exact) mass is 222 g/mol. The molecule has 0 bridgehead atoms. The first-order valence-electron chi connectivity index (χ1n) is 5.86. The summed E-state index contributed by atoms with van der Waals surface area (Å²) in [4.78, 5) is 4.67. The van der Waals surface area contributed by atoms with Crippen molar-refractivity contribution in [3.8, 4) is 0 Å². The molecule has 0 unspecified atom stereocenters. The minimum absolute atomic E-state index is 0.796. The Bertz CT molecular complexity index is 702. The van der Waals surface area contributed by atoms with Crippen LogP contribution in [-0.4, -0.2) is 4.98 Å². The average Bonchev–Trinajstić information content (AvgIpc) is 2.36. The summed E-state index contributed by atoms with van der Waals surface area (Å²) in [6.07, 6.45) is 0.989. The molecule has 0 spiro atoms. The number of rotatable bonds is 1. The summed E-state index contributed by atoms with van der Waals surface area (Å²) in [7, 11) is 0. The van der Waals surface area contributed by atoms with Gasteiger partial charge < -0.3 is 5.73 Å². The fraction of sp³-hybridized carbons (Fsp3) is 0.133. The lowest BCUT2D eigenvalue weighted by Crippen LogP contribution is -1.92. The number of nitrogens with zero attached hydrogens (tertiary/aromatic N) is 1. The number of pyridine rings is 1. The Morgan fingerprint density at radius 2 is 1.76 bits per heavy atom. The highest BCUT2D eigenvalue weighted by Crippen LogP contribution is 2.27. The smallest absolute Gasteiger partial charge is 0.0714 e. The van der Waals surface area contributed by atoms with Crippen LogP contribution in [0.3, 0.4) is 0 Å². The van der Waals surface area contributed by atoms with E-state index in [9.17, 15) is 0 Å². The molecule has 2 nitrogen and oxygen atoms in total. The van der Waals surface area contributed by atoms with Gasteiger partial charge in [0.05, 0.1) is 11.0 Å². The lowest BCUT2D eigenvalue weighted by molar-refractivity contribution is 1.17. The molecule has 0 radical (unpaired) electrons. The summed E-state index contributed by atoms with van der Waals surface area (Å²) in [5.74, 6) is 0. The fourth-order valence-corrected chi connectivity index (χ4v) is 2.37. The van der Waals surface area contributed by atoms with Crippen LogP contribution in [0.4, 0.5) is 5.69 Å². The number of hydrogen-bond acceptors (Lipinski definition) is 2. The molecule has 84 valence electrons. The molecule has 0 fully saturated rings. The van der Waals surface area contributed by atoms with E-state index >= 15 is 0 Å². The lowest BCUT2D eigenvalue weighted by Gasteiger charge is -2.09. The molecule has 1 heterocycles. The van der Waals surface area contributed by atoms with Crippen molar-refractivity contribution >= 4 is 27.5 Å². The molecule has 0 aliphatic rings. The van der Waals surface area contributed by atoms with Crippen molar-refractivity contribution in [3.63, 3.8) is 0 Å². The predicted octanol–water partition coefficient (Wildman–Crippen LogP) is 3.53. The van der Waals surface area contributed by atoms with Gasteiger partial charge in [-0.25, -0.2) is 4.98 Å². The normalized spacial score (nSPS) is 11.1. The van der Waals surface area contributed by atoms with Crippen LogP contribution in [0.1, 0.15) is 12.5 Å². The average molecular weight is 222 g/mol. The number of aryl methyl sites for hydroxylation is 1. The second kappa shape index (κ2) is 3.74. The molecule has 0 aliphatic carbocycles. The molecule has 0 atom stereocenters. The molecule has 17 heavy (non-hydrogen) atoms. The second-order valence-corrected chi connectivity index (χ2v) is 4.24. The van der Waals surface area contributed by atoms with Crippen molar-refractivity contribution in [2.45, 2.75) is 13.3 Å². The summed E-state index contributed by atoms with van der Waals surface area (Å²) in [6, 6.07) is 14.2. The largest absolute Gasteiger partial charge is 0.399 e. The van der Waals surface area contributed by atoms with Crippen LogP contribution in [0.2, 0.25) is 0 Å². The van der Waals surface area contributed by atoms with E-state index in [1.807, 2.05) is 24.3 Å². The van der Waals surface area contributed by atoms with E-state index < -0.39 is 0 Å². The van der Waals surface area contributed by atoms with Gasteiger partial charge in [0, 0.05) is 16.5 Å². The first-order chi connectivity index (χ1) is 8.29. The molecular formula is C15H14N2. The predicted molar refractivity (Wildman–Crippen MR) is 73.0 cm³/mol. The fourth-order valence-electron chi connectivity index (χ4n) is 2.37. The maximum atomic E-state index is 5.86. The number of nitrogen functional groups attached to an aromatic ring is 1. The SMILES string of the molecule is CCc1c2ccccc2nc2ccc(N)cc12. The van der Waals surface area contributed by atoms with Gasteiger partial charge in [0.15, 0.2) is 0 Å². The Labute approximate surface area is 100 Å². The lowest BCUT2D eigenvalue weighted by atomic mass is 10.0. The van der Waals surface area contributed by atoms with Crippen LogP contribution in [0.5, 0.6) is 0 Å². The minimum Gasteiger partial charge on any atom is -0.399 e. The molecule has 0 aliphatic heterocycles. The van der Waals surface area contributed by atoms with Crippen LogP contribution < -0.4 is 5.73 Å². The number of hydrogen-bond donors (Lipinski definition) is 1. The number of nitrogens with two attached hydrogens (primary N) is 1. The number of benzene rings is 2. The van der Waals surface area contributed by atoms with Crippen molar-refractivity contribution < 1.29 is 0 Å². The molecule has 2 aromatic carbocycles. The molecule has 2 heteroatoms. The summed E-state index contributed by atoms with van der Waals surface area (Å²) >= 11 is 0.